The van der Waals surface area contributed by atoms with Gasteiger partial charge in [0.15, 0.2) is 10.9 Å². The van der Waals surface area contributed by atoms with E-state index in [1.165, 1.54) is 5.56 Å². The molecule has 2 fully saturated rings. The van der Waals surface area contributed by atoms with E-state index < -0.39 is 5.72 Å². The summed E-state index contributed by atoms with van der Waals surface area (Å²) in [5.41, 5.74) is 1.17. The molecule has 3 aliphatic heterocycles. The van der Waals surface area contributed by atoms with Crippen molar-refractivity contribution in [2.24, 2.45) is 10.4 Å². The first kappa shape index (κ1) is 20.7. The van der Waals surface area contributed by atoms with Gasteiger partial charge in [-0.3, -0.25) is 9.89 Å². The van der Waals surface area contributed by atoms with Crippen LogP contribution < -0.4 is 0 Å². The molecule has 0 amide bonds. The van der Waals surface area contributed by atoms with Crippen LogP contribution in [0.3, 0.4) is 0 Å². The van der Waals surface area contributed by atoms with Crippen molar-refractivity contribution in [3.63, 3.8) is 0 Å². The van der Waals surface area contributed by atoms with E-state index in [4.69, 9.17) is 28.2 Å². The van der Waals surface area contributed by atoms with Crippen molar-refractivity contribution in [2.45, 2.75) is 25.1 Å². The lowest BCUT2D eigenvalue weighted by Crippen LogP contribution is -2.56. The van der Waals surface area contributed by atoms with Gasteiger partial charge in [0.2, 0.25) is 0 Å². The van der Waals surface area contributed by atoms with Crippen LogP contribution in [-0.2, 0) is 12.3 Å². The lowest BCUT2D eigenvalue weighted by molar-refractivity contribution is -0.0755. The Morgan fingerprint density at radius 3 is 2.53 bits per heavy atom. The number of thioether (sulfide) groups is 1. The molecule has 3 aliphatic rings. The zero-order chi connectivity index (χ0) is 20.8. The Morgan fingerprint density at radius 2 is 1.80 bits per heavy atom. The van der Waals surface area contributed by atoms with Crippen LogP contribution in [-0.4, -0.2) is 52.0 Å². The molecule has 4 nitrogen and oxygen atoms in total. The van der Waals surface area contributed by atoms with Gasteiger partial charge in [-0.2, -0.15) is 0 Å². The number of piperidine rings is 1. The van der Waals surface area contributed by atoms with E-state index in [1.54, 1.807) is 23.9 Å². The van der Waals surface area contributed by atoms with Crippen LogP contribution in [0.25, 0.3) is 0 Å². The summed E-state index contributed by atoms with van der Waals surface area (Å²) in [5, 5.41) is 13.6. The summed E-state index contributed by atoms with van der Waals surface area (Å²) >= 11 is 14.0. The molecule has 2 aromatic rings. The summed E-state index contributed by atoms with van der Waals surface area (Å²) in [5.74, 6) is 0.556. The highest BCUT2D eigenvalue weighted by Gasteiger charge is 2.51. The number of amidine groups is 1. The van der Waals surface area contributed by atoms with Gasteiger partial charge >= 0.3 is 0 Å². The van der Waals surface area contributed by atoms with Crippen molar-refractivity contribution in [3.05, 3.63) is 69.7 Å². The third kappa shape index (κ3) is 3.76. The Morgan fingerprint density at radius 1 is 1.03 bits per heavy atom. The Bertz CT molecular complexity index is 962. The van der Waals surface area contributed by atoms with Gasteiger partial charge < -0.3 is 10.0 Å². The molecule has 0 aromatic heterocycles. The minimum atomic E-state index is -1.09. The van der Waals surface area contributed by atoms with Gasteiger partial charge in [-0.1, -0.05) is 71.4 Å². The number of rotatable bonds is 3. The minimum absolute atomic E-state index is 0.117. The fourth-order valence-corrected chi connectivity index (χ4v) is 6.24. The monoisotopic (exact) mass is 461 g/mol. The second-order valence-electron chi connectivity index (χ2n) is 8.68. The summed E-state index contributed by atoms with van der Waals surface area (Å²) in [6.07, 6.45) is 2.18. The summed E-state index contributed by atoms with van der Waals surface area (Å²) in [6.45, 7) is 4.80. The van der Waals surface area contributed by atoms with Gasteiger partial charge in [0, 0.05) is 30.6 Å². The van der Waals surface area contributed by atoms with Gasteiger partial charge in [0.05, 0.1) is 15.8 Å². The molecule has 2 aromatic carbocycles. The molecule has 0 radical (unpaired) electrons. The van der Waals surface area contributed by atoms with Crippen LogP contribution in [0.4, 0.5) is 0 Å². The number of halogens is 2. The van der Waals surface area contributed by atoms with E-state index in [0.29, 0.717) is 15.8 Å². The van der Waals surface area contributed by atoms with Crippen molar-refractivity contribution >= 4 is 40.1 Å². The molecule has 5 rings (SSSR count). The fourth-order valence-electron chi connectivity index (χ4n) is 4.76. The van der Waals surface area contributed by atoms with E-state index >= 15 is 0 Å². The predicted molar refractivity (Wildman–Crippen MR) is 125 cm³/mol. The lowest BCUT2D eigenvalue weighted by atomic mass is 9.76. The van der Waals surface area contributed by atoms with Gasteiger partial charge in [-0.05, 0) is 43.6 Å². The molecule has 1 spiro atoms. The molecule has 0 aliphatic carbocycles. The van der Waals surface area contributed by atoms with E-state index in [1.807, 2.05) is 6.07 Å². The first-order valence-corrected chi connectivity index (χ1v) is 12.1. The molecule has 0 bridgehead atoms. The molecular formula is C23H25Cl2N3OS. The molecule has 158 valence electrons. The van der Waals surface area contributed by atoms with Gasteiger partial charge in [0.1, 0.15) is 0 Å². The maximum Gasteiger partial charge on any atom is 0.175 e. The Labute approximate surface area is 191 Å². The zero-order valence-electron chi connectivity index (χ0n) is 16.7. The highest BCUT2D eigenvalue weighted by atomic mass is 35.5. The van der Waals surface area contributed by atoms with Crippen LogP contribution in [0.5, 0.6) is 0 Å². The Hall–Kier alpha value is -1.24. The number of aliphatic hydroxyl groups is 1. The number of hydrogen-bond donors (Lipinski definition) is 1. The number of aliphatic imine (C=N–C) groups is 1. The normalized spacial score (nSPS) is 26.0. The summed E-state index contributed by atoms with van der Waals surface area (Å²) < 4.78 is 0. The Kier molecular flexibility index (Phi) is 5.53. The second-order valence-corrected chi connectivity index (χ2v) is 10.4. The third-order valence-electron chi connectivity index (χ3n) is 6.67. The average Bonchev–Trinajstić information content (AvgIpc) is 3.10. The van der Waals surface area contributed by atoms with Crippen molar-refractivity contribution in [1.29, 1.82) is 0 Å². The van der Waals surface area contributed by atoms with Crippen LogP contribution in [0, 0.1) is 5.41 Å². The average molecular weight is 462 g/mol. The third-order valence-corrected chi connectivity index (χ3v) is 8.56. The molecule has 1 N–H and O–H groups in total. The summed E-state index contributed by atoms with van der Waals surface area (Å²) in [6, 6.07) is 16.1. The highest BCUT2D eigenvalue weighted by molar-refractivity contribution is 8.14. The Balaban J connectivity index is 1.31. The number of nitrogens with zero attached hydrogens (tertiary/aromatic N) is 3. The number of likely N-dealkylation sites (tertiary alicyclic amines) is 1. The maximum atomic E-state index is 11.6. The van der Waals surface area contributed by atoms with Crippen molar-refractivity contribution in [3.8, 4) is 0 Å². The highest BCUT2D eigenvalue weighted by Crippen LogP contribution is 2.47. The smallest absolute Gasteiger partial charge is 0.175 e. The van der Waals surface area contributed by atoms with Gasteiger partial charge in [-0.15, -0.1) is 0 Å². The quantitative estimate of drug-likeness (QED) is 0.709. The zero-order valence-corrected chi connectivity index (χ0v) is 19.1. The summed E-state index contributed by atoms with van der Waals surface area (Å²) in [4.78, 5) is 9.54. The minimum Gasteiger partial charge on any atom is -0.366 e. The number of hydrogen-bond acceptors (Lipinski definition) is 5. The molecule has 0 saturated carbocycles. The summed E-state index contributed by atoms with van der Waals surface area (Å²) in [7, 11) is 0. The van der Waals surface area contributed by atoms with Crippen molar-refractivity contribution in [1.82, 2.24) is 9.80 Å². The molecule has 1 atom stereocenters. The SMILES string of the molecule is OC1(c2ccc(Cl)c(Cl)c2)CSC2=NCC3(CCN(Cc4ccccc4)CC3)CN21. The molecule has 30 heavy (non-hydrogen) atoms. The number of benzene rings is 2. The van der Waals surface area contributed by atoms with Gasteiger partial charge in [0.25, 0.3) is 0 Å². The molecular weight excluding hydrogens is 437 g/mol. The van der Waals surface area contributed by atoms with Crippen LogP contribution in [0.15, 0.2) is 53.5 Å². The van der Waals surface area contributed by atoms with Crippen molar-refractivity contribution < 1.29 is 5.11 Å². The first-order chi connectivity index (χ1) is 14.5. The van der Waals surface area contributed by atoms with E-state index in [0.717, 1.165) is 56.3 Å². The van der Waals surface area contributed by atoms with E-state index in [-0.39, 0.29) is 5.41 Å². The maximum absolute atomic E-state index is 11.6. The molecule has 7 heteroatoms. The first-order valence-electron chi connectivity index (χ1n) is 10.4. The topological polar surface area (TPSA) is 39.1 Å². The van der Waals surface area contributed by atoms with Crippen LogP contribution >= 0.6 is 35.0 Å². The van der Waals surface area contributed by atoms with Gasteiger partial charge in [-0.25, -0.2) is 0 Å². The van der Waals surface area contributed by atoms with Crippen LogP contribution in [0.2, 0.25) is 10.0 Å². The second kappa shape index (κ2) is 8.03. The predicted octanol–water partition coefficient (Wildman–Crippen LogP) is 4.84. The van der Waals surface area contributed by atoms with Crippen LogP contribution in [0.1, 0.15) is 24.0 Å². The lowest BCUT2D eigenvalue weighted by Gasteiger charge is -2.48. The standard InChI is InChI=1S/C23H25Cl2N3OS/c24-19-7-6-18(12-20(19)25)23(29)16-30-21-26-14-22(15-28(21)23)8-10-27(11-9-22)13-17-4-2-1-3-5-17/h1-7,12,29H,8-11,13-16H2. The fraction of sp³-hybridized carbons (Fsp3) is 0.435. The largest absolute Gasteiger partial charge is 0.366 e. The molecule has 2 saturated heterocycles. The van der Waals surface area contributed by atoms with E-state index in [9.17, 15) is 5.11 Å². The molecule has 1 unspecified atom stereocenters. The molecule has 3 heterocycles. The van der Waals surface area contributed by atoms with Crippen molar-refractivity contribution in [2.75, 3.05) is 31.9 Å². The van der Waals surface area contributed by atoms with E-state index in [2.05, 4.69) is 40.1 Å². The number of fused-ring (bicyclic) bond motifs is 1.